The van der Waals surface area contributed by atoms with Crippen molar-refractivity contribution in [2.24, 2.45) is 5.92 Å². The number of fused-ring (bicyclic) bond motifs is 2. The standard InChI is InChI=1S/C31H40N2O7/c1-2-3-13-32(14-5-15-34)28(35)19-33-18-24(22-9-11-26-23(17-22)12-16-38-26)29(31(36)37)25(33)10-8-21-6-4-7-27-30(21)40-20-39-27/h4,6-7,9,11,17,24-25,29,34H,2-3,5,8,10,12-16,18-20H2,1H3,(H,36,37)/t24-,25+,29?/m1/s1. The van der Waals surface area contributed by atoms with Crippen LogP contribution < -0.4 is 14.2 Å². The fourth-order valence-electron chi connectivity index (χ4n) is 6.36. The van der Waals surface area contributed by atoms with Gasteiger partial charge in [0, 0.05) is 44.6 Å². The minimum atomic E-state index is -0.845. The molecular weight excluding hydrogens is 512 g/mol. The Morgan fingerprint density at radius 1 is 1.07 bits per heavy atom. The number of hydrogen-bond acceptors (Lipinski definition) is 7. The fourth-order valence-corrected chi connectivity index (χ4v) is 6.36. The van der Waals surface area contributed by atoms with Crippen LogP contribution in [0.15, 0.2) is 36.4 Å². The van der Waals surface area contributed by atoms with Crippen molar-refractivity contribution in [1.29, 1.82) is 0 Å². The normalized spacial score (nSPS) is 21.3. The van der Waals surface area contributed by atoms with E-state index in [1.807, 2.05) is 35.2 Å². The van der Waals surface area contributed by atoms with Crippen LogP contribution in [0.25, 0.3) is 0 Å². The van der Waals surface area contributed by atoms with Gasteiger partial charge in [-0.05, 0) is 54.5 Å². The Bertz CT molecular complexity index is 1190. The molecule has 3 aliphatic rings. The van der Waals surface area contributed by atoms with Crippen molar-refractivity contribution in [3.63, 3.8) is 0 Å². The van der Waals surface area contributed by atoms with E-state index in [4.69, 9.17) is 14.2 Å². The van der Waals surface area contributed by atoms with Gasteiger partial charge in [-0.25, -0.2) is 0 Å². The highest BCUT2D eigenvalue weighted by atomic mass is 16.7. The zero-order chi connectivity index (χ0) is 28.1. The number of aliphatic carboxylic acids is 1. The number of benzene rings is 2. The Morgan fingerprint density at radius 2 is 1.93 bits per heavy atom. The monoisotopic (exact) mass is 552 g/mol. The van der Waals surface area contributed by atoms with Crippen molar-refractivity contribution in [3.05, 3.63) is 53.1 Å². The highest BCUT2D eigenvalue weighted by molar-refractivity contribution is 5.79. The number of ether oxygens (including phenoxy) is 3. The number of amides is 1. The van der Waals surface area contributed by atoms with Gasteiger partial charge >= 0.3 is 5.97 Å². The summed E-state index contributed by atoms with van der Waals surface area (Å²) in [6.07, 6.45) is 4.38. The van der Waals surface area contributed by atoms with E-state index in [1.54, 1.807) is 0 Å². The third kappa shape index (κ3) is 6.05. The van der Waals surface area contributed by atoms with E-state index in [2.05, 4.69) is 17.9 Å². The van der Waals surface area contributed by atoms with Crippen molar-refractivity contribution in [2.45, 2.75) is 57.4 Å². The SMILES string of the molecule is CCCCN(CCCO)C(=O)CN1C[C@H](c2ccc3c(c2)CCO3)C(C(=O)O)[C@@H]1CCc1cccc2c1OCO2. The number of carbonyl (C=O) groups excluding carboxylic acids is 1. The second kappa shape index (κ2) is 12.9. The lowest BCUT2D eigenvalue weighted by atomic mass is 9.83. The molecule has 0 aromatic heterocycles. The van der Waals surface area contributed by atoms with Gasteiger partial charge in [-0.15, -0.1) is 0 Å². The summed E-state index contributed by atoms with van der Waals surface area (Å²) in [4.78, 5) is 30.3. The number of likely N-dealkylation sites (tertiary alicyclic amines) is 1. The molecule has 9 nitrogen and oxygen atoms in total. The van der Waals surface area contributed by atoms with E-state index in [9.17, 15) is 19.8 Å². The Kier molecular flexibility index (Phi) is 9.11. The Morgan fingerprint density at radius 3 is 2.73 bits per heavy atom. The number of aliphatic hydroxyl groups excluding tert-OH is 1. The Labute approximate surface area is 235 Å². The van der Waals surface area contributed by atoms with Gasteiger partial charge in [-0.1, -0.05) is 37.6 Å². The highest BCUT2D eigenvalue weighted by Gasteiger charge is 2.47. The average molecular weight is 553 g/mol. The highest BCUT2D eigenvalue weighted by Crippen LogP contribution is 2.42. The second-order valence-corrected chi connectivity index (χ2v) is 10.9. The molecule has 0 aliphatic carbocycles. The van der Waals surface area contributed by atoms with E-state index in [-0.39, 0.29) is 37.8 Å². The van der Waals surface area contributed by atoms with E-state index < -0.39 is 11.9 Å². The first-order valence-electron chi connectivity index (χ1n) is 14.5. The quantitative estimate of drug-likeness (QED) is 0.389. The summed E-state index contributed by atoms with van der Waals surface area (Å²) >= 11 is 0. The predicted molar refractivity (Wildman–Crippen MR) is 149 cm³/mol. The zero-order valence-electron chi connectivity index (χ0n) is 23.2. The van der Waals surface area contributed by atoms with Crippen LogP contribution in [0, 0.1) is 5.92 Å². The van der Waals surface area contributed by atoms with Crippen molar-refractivity contribution >= 4 is 11.9 Å². The number of carboxylic acids is 1. The predicted octanol–water partition coefficient (Wildman–Crippen LogP) is 3.46. The number of aryl methyl sites for hydroxylation is 1. The smallest absolute Gasteiger partial charge is 0.308 e. The molecule has 0 radical (unpaired) electrons. The molecule has 0 bridgehead atoms. The van der Waals surface area contributed by atoms with Crippen molar-refractivity contribution in [3.8, 4) is 17.2 Å². The number of carboxylic acid groups (broad SMARTS) is 1. The first kappa shape index (κ1) is 28.2. The summed E-state index contributed by atoms with van der Waals surface area (Å²) in [6.45, 7) is 4.71. The molecule has 0 saturated carbocycles. The summed E-state index contributed by atoms with van der Waals surface area (Å²) in [5.41, 5.74) is 3.08. The molecule has 2 N–H and O–H groups in total. The number of para-hydroxylation sites is 1. The van der Waals surface area contributed by atoms with Gasteiger partial charge in [0.15, 0.2) is 11.5 Å². The van der Waals surface area contributed by atoms with Gasteiger partial charge in [0.1, 0.15) is 5.75 Å². The minimum absolute atomic E-state index is 0.0172. The van der Waals surface area contributed by atoms with Crippen LogP contribution in [0.1, 0.15) is 55.2 Å². The molecule has 2 aromatic rings. The minimum Gasteiger partial charge on any atom is -0.493 e. The first-order chi connectivity index (χ1) is 19.5. The number of unbranched alkanes of at least 4 members (excludes halogenated alkanes) is 1. The van der Waals surface area contributed by atoms with E-state index in [1.165, 1.54) is 0 Å². The summed E-state index contributed by atoms with van der Waals surface area (Å²) in [6, 6.07) is 11.5. The van der Waals surface area contributed by atoms with E-state index in [0.29, 0.717) is 51.3 Å². The number of hydrogen-bond donors (Lipinski definition) is 2. The Hall–Kier alpha value is -3.30. The van der Waals surface area contributed by atoms with Crippen molar-refractivity contribution in [2.75, 3.05) is 46.2 Å². The molecule has 3 aliphatic heterocycles. The summed E-state index contributed by atoms with van der Waals surface area (Å²) in [7, 11) is 0. The molecule has 1 saturated heterocycles. The van der Waals surface area contributed by atoms with Gasteiger partial charge in [0.2, 0.25) is 12.7 Å². The maximum absolute atomic E-state index is 13.6. The zero-order valence-corrected chi connectivity index (χ0v) is 23.2. The van der Waals surface area contributed by atoms with Crippen molar-refractivity contribution < 1.29 is 34.0 Å². The van der Waals surface area contributed by atoms with Gasteiger partial charge in [-0.3, -0.25) is 14.5 Å². The molecule has 9 heteroatoms. The lowest BCUT2D eigenvalue weighted by Crippen LogP contribution is -2.45. The third-order valence-corrected chi connectivity index (χ3v) is 8.42. The van der Waals surface area contributed by atoms with Crippen molar-refractivity contribution in [1.82, 2.24) is 9.80 Å². The number of carbonyl (C=O) groups is 2. The molecule has 40 heavy (non-hydrogen) atoms. The topological polar surface area (TPSA) is 109 Å². The second-order valence-electron chi connectivity index (χ2n) is 10.9. The maximum Gasteiger partial charge on any atom is 0.308 e. The van der Waals surface area contributed by atoms with E-state index in [0.717, 1.165) is 47.5 Å². The van der Waals surface area contributed by atoms with Crippen LogP contribution in [-0.4, -0.2) is 84.1 Å². The van der Waals surface area contributed by atoms with E-state index >= 15 is 0 Å². The van der Waals surface area contributed by atoms with Gasteiger partial charge < -0.3 is 29.3 Å². The van der Waals surface area contributed by atoms with Crippen LogP contribution in [0.4, 0.5) is 0 Å². The van der Waals surface area contributed by atoms with Crippen LogP contribution in [-0.2, 0) is 22.4 Å². The summed E-state index contributed by atoms with van der Waals surface area (Å²) in [5.74, 6) is 0.527. The molecule has 1 fully saturated rings. The molecule has 3 heterocycles. The third-order valence-electron chi connectivity index (χ3n) is 8.42. The largest absolute Gasteiger partial charge is 0.493 e. The summed E-state index contributed by atoms with van der Waals surface area (Å²) < 4.78 is 16.9. The Balaban J connectivity index is 1.41. The van der Waals surface area contributed by atoms with Gasteiger partial charge in [-0.2, -0.15) is 0 Å². The van der Waals surface area contributed by atoms with Crippen LogP contribution in [0.3, 0.4) is 0 Å². The molecule has 1 unspecified atom stereocenters. The molecule has 1 amide bonds. The first-order valence-corrected chi connectivity index (χ1v) is 14.5. The molecule has 2 aromatic carbocycles. The number of aliphatic hydroxyl groups is 1. The number of nitrogens with zero attached hydrogens (tertiary/aromatic N) is 2. The molecule has 5 rings (SSSR count). The molecule has 0 spiro atoms. The molecule has 216 valence electrons. The molecular formula is C31H40N2O7. The fraction of sp³-hybridized carbons (Fsp3) is 0.548. The molecule has 3 atom stereocenters. The van der Waals surface area contributed by atoms with Crippen LogP contribution in [0.5, 0.6) is 17.2 Å². The van der Waals surface area contributed by atoms with Gasteiger partial charge in [0.05, 0.1) is 19.1 Å². The maximum atomic E-state index is 13.6. The van der Waals surface area contributed by atoms with Crippen LogP contribution in [0.2, 0.25) is 0 Å². The average Bonchev–Trinajstić information content (AvgIpc) is 3.70. The lowest BCUT2D eigenvalue weighted by molar-refractivity contribution is -0.143. The summed E-state index contributed by atoms with van der Waals surface area (Å²) in [5, 5.41) is 19.9. The lowest BCUT2D eigenvalue weighted by Gasteiger charge is -2.30. The van der Waals surface area contributed by atoms with Crippen LogP contribution >= 0.6 is 0 Å². The number of rotatable bonds is 13. The van der Waals surface area contributed by atoms with Gasteiger partial charge in [0.25, 0.3) is 0 Å².